The normalized spacial score (nSPS) is 28.4. The van der Waals surface area contributed by atoms with Crippen molar-refractivity contribution in [1.29, 1.82) is 0 Å². The molecule has 4 heteroatoms. The SMILES string of the molecule is CC1CC(C)CC(OCCCn2ccc(N)n2)C1. The average Bonchev–Trinajstić information content (AvgIpc) is 2.69. The van der Waals surface area contributed by atoms with E-state index in [1.54, 1.807) is 0 Å². The minimum Gasteiger partial charge on any atom is -0.382 e. The fourth-order valence-corrected chi connectivity index (χ4v) is 2.99. The van der Waals surface area contributed by atoms with Crippen LogP contribution in [0.5, 0.6) is 0 Å². The van der Waals surface area contributed by atoms with E-state index in [1.807, 2.05) is 16.9 Å². The topological polar surface area (TPSA) is 53.1 Å². The van der Waals surface area contributed by atoms with Crippen LogP contribution in [0.25, 0.3) is 0 Å². The van der Waals surface area contributed by atoms with Gasteiger partial charge in [0.05, 0.1) is 6.10 Å². The lowest BCUT2D eigenvalue weighted by atomic mass is 9.82. The summed E-state index contributed by atoms with van der Waals surface area (Å²) in [7, 11) is 0. The Morgan fingerprint density at radius 2 is 2.06 bits per heavy atom. The van der Waals surface area contributed by atoms with E-state index in [2.05, 4.69) is 18.9 Å². The van der Waals surface area contributed by atoms with Crippen molar-refractivity contribution in [3.8, 4) is 0 Å². The van der Waals surface area contributed by atoms with Gasteiger partial charge in [-0.25, -0.2) is 0 Å². The molecule has 0 bridgehead atoms. The third-order valence-electron chi connectivity index (χ3n) is 3.68. The Morgan fingerprint density at radius 1 is 1.33 bits per heavy atom. The summed E-state index contributed by atoms with van der Waals surface area (Å²) in [5.41, 5.74) is 5.57. The standard InChI is InChI=1S/C14H25N3O/c1-11-8-12(2)10-13(9-11)18-7-3-5-17-6-4-14(15)16-17/h4,6,11-13H,3,5,7-10H2,1-2H3,(H2,15,16). The molecule has 1 aromatic heterocycles. The van der Waals surface area contributed by atoms with Crippen molar-refractivity contribution in [1.82, 2.24) is 9.78 Å². The molecule has 1 heterocycles. The average molecular weight is 251 g/mol. The predicted octanol–water partition coefficient (Wildman–Crippen LogP) is 2.70. The minimum absolute atomic E-state index is 0.464. The first-order valence-electron chi connectivity index (χ1n) is 7.04. The van der Waals surface area contributed by atoms with Crippen molar-refractivity contribution in [3.63, 3.8) is 0 Å². The molecule has 2 N–H and O–H groups in total. The van der Waals surface area contributed by atoms with E-state index in [-0.39, 0.29) is 0 Å². The number of hydrogen-bond acceptors (Lipinski definition) is 3. The maximum atomic E-state index is 5.98. The van der Waals surface area contributed by atoms with Gasteiger partial charge in [0.1, 0.15) is 5.82 Å². The lowest BCUT2D eigenvalue weighted by Gasteiger charge is -2.31. The van der Waals surface area contributed by atoms with Gasteiger partial charge in [-0.1, -0.05) is 13.8 Å². The molecule has 1 fully saturated rings. The van der Waals surface area contributed by atoms with Gasteiger partial charge in [-0.05, 0) is 43.6 Å². The lowest BCUT2D eigenvalue weighted by Crippen LogP contribution is -2.26. The first-order valence-corrected chi connectivity index (χ1v) is 7.04. The Bertz CT molecular complexity index is 354. The largest absolute Gasteiger partial charge is 0.382 e. The van der Waals surface area contributed by atoms with E-state index in [0.717, 1.165) is 31.4 Å². The van der Waals surface area contributed by atoms with Crippen LogP contribution in [0.1, 0.15) is 39.5 Å². The molecule has 0 aromatic carbocycles. The molecular weight excluding hydrogens is 226 g/mol. The summed E-state index contributed by atoms with van der Waals surface area (Å²) in [5.74, 6) is 2.21. The van der Waals surface area contributed by atoms with Crippen molar-refractivity contribution < 1.29 is 4.74 Å². The molecule has 2 rings (SSSR count). The number of nitrogens with zero attached hydrogens (tertiary/aromatic N) is 2. The van der Waals surface area contributed by atoms with Crippen LogP contribution in [0.3, 0.4) is 0 Å². The van der Waals surface area contributed by atoms with E-state index >= 15 is 0 Å². The first kappa shape index (κ1) is 13.4. The van der Waals surface area contributed by atoms with Gasteiger partial charge < -0.3 is 10.5 Å². The highest BCUT2D eigenvalue weighted by Crippen LogP contribution is 2.30. The zero-order chi connectivity index (χ0) is 13.0. The molecule has 1 aromatic rings. The van der Waals surface area contributed by atoms with Gasteiger partial charge >= 0.3 is 0 Å². The number of anilines is 1. The number of rotatable bonds is 5. The second-order valence-corrected chi connectivity index (χ2v) is 5.77. The Hall–Kier alpha value is -1.03. The molecule has 4 nitrogen and oxygen atoms in total. The van der Waals surface area contributed by atoms with Crippen molar-refractivity contribution >= 4 is 5.82 Å². The summed E-state index contributed by atoms with van der Waals surface area (Å²) in [6, 6.07) is 1.82. The van der Waals surface area contributed by atoms with Crippen LogP contribution in [0.4, 0.5) is 5.82 Å². The fraction of sp³-hybridized carbons (Fsp3) is 0.786. The molecule has 0 saturated heterocycles. The summed E-state index contributed by atoms with van der Waals surface area (Å²) in [4.78, 5) is 0. The Balaban J connectivity index is 1.63. The predicted molar refractivity (Wildman–Crippen MR) is 73.2 cm³/mol. The highest BCUT2D eigenvalue weighted by molar-refractivity contribution is 5.23. The van der Waals surface area contributed by atoms with Crippen LogP contribution in [0.2, 0.25) is 0 Å². The second-order valence-electron chi connectivity index (χ2n) is 5.77. The molecule has 2 unspecified atom stereocenters. The zero-order valence-corrected chi connectivity index (χ0v) is 11.5. The number of hydrogen-bond donors (Lipinski definition) is 1. The minimum atomic E-state index is 0.464. The second kappa shape index (κ2) is 6.23. The van der Waals surface area contributed by atoms with Crippen LogP contribution in [-0.2, 0) is 11.3 Å². The van der Waals surface area contributed by atoms with Crippen LogP contribution in [0.15, 0.2) is 12.3 Å². The molecule has 102 valence electrons. The fourth-order valence-electron chi connectivity index (χ4n) is 2.99. The molecule has 1 saturated carbocycles. The van der Waals surface area contributed by atoms with E-state index in [9.17, 15) is 0 Å². The van der Waals surface area contributed by atoms with E-state index < -0.39 is 0 Å². The lowest BCUT2D eigenvalue weighted by molar-refractivity contribution is -0.00131. The number of aryl methyl sites for hydroxylation is 1. The smallest absolute Gasteiger partial charge is 0.145 e. The van der Waals surface area contributed by atoms with Crippen LogP contribution < -0.4 is 5.73 Å². The maximum Gasteiger partial charge on any atom is 0.145 e. The molecule has 0 amide bonds. The van der Waals surface area contributed by atoms with Gasteiger partial charge in [0.25, 0.3) is 0 Å². The highest BCUT2D eigenvalue weighted by atomic mass is 16.5. The quantitative estimate of drug-likeness (QED) is 0.819. The molecule has 18 heavy (non-hydrogen) atoms. The van der Waals surface area contributed by atoms with Crippen molar-refractivity contribution in [3.05, 3.63) is 12.3 Å². The van der Waals surface area contributed by atoms with Crippen molar-refractivity contribution in [2.75, 3.05) is 12.3 Å². The van der Waals surface area contributed by atoms with Crippen LogP contribution in [0, 0.1) is 11.8 Å². The molecule has 0 aliphatic heterocycles. The molecule has 0 radical (unpaired) electrons. The maximum absolute atomic E-state index is 5.98. The Kier molecular flexibility index (Phi) is 4.64. The Labute approximate surface area is 110 Å². The highest BCUT2D eigenvalue weighted by Gasteiger charge is 2.24. The van der Waals surface area contributed by atoms with Gasteiger partial charge in [0, 0.05) is 19.3 Å². The van der Waals surface area contributed by atoms with Gasteiger partial charge in [0.15, 0.2) is 0 Å². The third-order valence-corrected chi connectivity index (χ3v) is 3.68. The number of nitrogens with two attached hydrogens (primary N) is 1. The molecule has 0 spiro atoms. The third kappa shape index (κ3) is 4.02. The molecular formula is C14H25N3O. The van der Waals surface area contributed by atoms with Crippen molar-refractivity contribution in [2.45, 2.75) is 52.2 Å². The van der Waals surface area contributed by atoms with Crippen molar-refractivity contribution in [2.24, 2.45) is 11.8 Å². The van der Waals surface area contributed by atoms with Gasteiger partial charge in [-0.3, -0.25) is 4.68 Å². The summed E-state index contributed by atoms with van der Waals surface area (Å²) >= 11 is 0. The van der Waals surface area contributed by atoms with Gasteiger partial charge in [-0.15, -0.1) is 0 Å². The monoisotopic (exact) mass is 251 g/mol. The van der Waals surface area contributed by atoms with Crippen LogP contribution >= 0.6 is 0 Å². The molecule has 2 atom stereocenters. The molecule has 1 aliphatic carbocycles. The summed E-state index contributed by atoms with van der Waals surface area (Å²) in [5, 5.41) is 4.16. The van der Waals surface area contributed by atoms with E-state index in [0.29, 0.717) is 11.9 Å². The van der Waals surface area contributed by atoms with E-state index in [4.69, 9.17) is 10.5 Å². The van der Waals surface area contributed by atoms with Gasteiger partial charge in [0.2, 0.25) is 0 Å². The van der Waals surface area contributed by atoms with Crippen LogP contribution in [-0.4, -0.2) is 22.5 Å². The number of nitrogen functional groups attached to an aromatic ring is 1. The first-order chi connectivity index (χ1) is 8.63. The Morgan fingerprint density at radius 3 is 2.67 bits per heavy atom. The number of aromatic nitrogens is 2. The zero-order valence-electron chi connectivity index (χ0n) is 11.5. The number of ether oxygens (including phenoxy) is 1. The summed E-state index contributed by atoms with van der Waals surface area (Å²) in [6.45, 7) is 6.37. The molecule has 1 aliphatic rings. The summed E-state index contributed by atoms with van der Waals surface area (Å²) < 4.78 is 7.86. The summed E-state index contributed by atoms with van der Waals surface area (Å²) in [6.07, 6.45) is 7.18. The van der Waals surface area contributed by atoms with Gasteiger partial charge in [-0.2, -0.15) is 5.10 Å². The van der Waals surface area contributed by atoms with E-state index in [1.165, 1.54) is 19.3 Å².